The molecule has 1 N–H and O–H groups in total. The minimum atomic E-state index is -0.344. The van der Waals surface area contributed by atoms with E-state index >= 15 is 0 Å². The number of nitrogens with one attached hydrogen (secondary N) is 1. The van der Waals surface area contributed by atoms with Gasteiger partial charge in [-0.25, -0.2) is 9.36 Å². The van der Waals surface area contributed by atoms with Crippen LogP contribution in [0.3, 0.4) is 0 Å². The van der Waals surface area contributed by atoms with E-state index in [0.29, 0.717) is 16.5 Å². The lowest BCUT2D eigenvalue weighted by Gasteiger charge is -2.06. The van der Waals surface area contributed by atoms with Crippen molar-refractivity contribution in [2.24, 2.45) is 0 Å². The smallest absolute Gasteiger partial charge is 0.276 e. The molecular weight excluding hydrogens is 406 g/mol. The highest BCUT2D eigenvalue weighted by Gasteiger charge is 2.11. The summed E-state index contributed by atoms with van der Waals surface area (Å²) in [6, 6.07) is 18.1. The Hall–Kier alpha value is -3.78. The maximum absolute atomic E-state index is 12.4. The minimum Gasteiger partial charge on any atom is -0.471 e. The number of amides is 1. The molecule has 0 bridgehead atoms. The summed E-state index contributed by atoms with van der Waals surface area (Å²) in [6.45, 7) is 0.387. The van der Waals surface area contributed by atoms with Crippen LogP contribution in [0.2, 0.25) is 5.02 Å². The van der Waals surface area contributed by atoms with Crippen molar-refractivity contribution in [3.63, 3.8) is 0 Å². The van der Waals surface area contributed by atoms with E-state index in [2.05, 4.69) is 15.5 Å². The topological polar surface area (TPSA) is 83.2 Å². The standard InChI is InChI=1S/C21H18ClN5O3/c22-16-5-4-8-19(11-16)30-15-27-13-17(12-23-27)24-21(28)20-9-10-26(25-20)14-29-18-6-2-1-3-7-18/h1-13H,14-15H2,(H,24,28). The molecule has 0 aliphatic carbocycles. The molecule has 0 aliphatic rings. The number of carbonyl (C=O) groups is 1. The number of carbonyl (C=O) groups excluding carboxylic acids is 1. The number of ether oxygens (including phenoxy) is 2. The summed E-state index contributed by atoms with van der Waals surface area (Å²) in [6.07, 6.45) is 4.88. The van der Waals surface area contributed by atoms with Gasteiger partial charge in [0.1, 0.15) is 11.5 Å². The van der Waals surface area contributed by atoms with E-state index < -0.39 is 0 Å². The number of halogens is 1. The monoisotopic (exact) mass is 423 g/mol. The summed E-state index contributed by atoms with van der Waals surface area (Å²) in [5, 5.41) is 11.7. The highest BCUT2D eigenvalue weighted by atomic mass is 35.5. The zero-order chi connectivity index (χ0) is 20.8. The summed E-state index contributed by atoms with van der Waals surface area (Å²) in [5.74, 6) is 1.02. The van der Waals surface area contributed by atoms with Crippen molar-refractivity contribution in [3.8, 4) is 11.5 Å². The summed E-state index contributed by atoms with van der Waals surface area (Å²) in [4.78, 5) is 12.4. The number of nitrogens with zero attached hydrogens (tertiary/aromatic N) is 4. The number of hydrogen-bond donors (Lipinski definition) is 1. The largest absolute Gasteiger partial charge is 0.471 e. The molecule has 2 aromatic heterocycles. The molecule has 0 unspecified atom stereocenters. The summed E-state index contributed by atoms with van der Waals surface area (Å²) in [5.41, 5.74) is 0.805. The van der Waals surface area contributed by atoms with Gasteiger partial charge in [0.25, 0.3) is 5.91 Å². The maximum atomic E-state index is 12.4. The Morgan fingerprint density at radius 2 is 1.73 bits per heavy atom. The maximum Gasteiger partial charge on any atom is 0.276 e. The number of benzene rings is 2. The Morgan fingerprint density at radius 1 is 0.967 bits per heavy atom. The average Bonchev–Trinajstić information content (AvgIpc) is 3.41. The van der Waals surface area contributed by atoms with Crippen molar-refractivity contribution in [1.29, 1.82) is 0 Å². The van der Waals surface area contributed by atoms with Gasteiger partial charge in [0, 0.05) is 11.2 Å². The Bertz CT molecular complexity index is 1130. The molecule has 0 fully saturated rings. The van der Waals surface area contributed by atoms with E-state index in [-0.39, 0.29) is 25.1 Å². The highest BCUT2D eigenvalue weighted by Crippen LogP contribution is 2.17. The quantitative estimate of drug-likeness (QED) is 0.462. The van der Waals surface area contributed by atoms with Gasteiger partial charge >= 0.3 is 0 Å². The zero-order valence-electron chi connectivity index (χ0n) is 15.8. The lowest BCUT2D eigenvalue weighted by atomic mass is 10.3. The van der Waals surface area contributed by atoms with Gasteiger partial charge in [-0.3, -0.25) is 4.79 Å². The van der Waals surface area contributed by atoms with Gasteiger partial charge in [-0.1, -0.05) is 35.9 Å². The number of aromatic nitrogens is 4. The van der Waals surface area contributed by atoms with Crippen LogP contribution in [-0.4, -0.2) is 25.5 Å². The molecule has 0 saturated heterocycles. The summed E-state index contributed by atoms with van der Waals surface area (Å²) >= 11 is 5.93. The fourth-order valence-electron chi connectivity index (χ4n) is 2.60. The second kappa shape index (κ2) is 9.15. The van der Waals surface area contributed by atoms with Crippen molar-refractivity contribution >= 4 is 23.2 Å². The molecule has 8 nitrogen and oxygen atoms in total. The molecule has 0 radical (unpaired) electrons. The van der Waals surface area contributed by atoms with Gasteiger partial charge in [0.2, 0.25) is 0 Å². The fourth-order valence-corrected chi connectivity index (χ4v) is 2.78. The molecule has 152 valence electrons. The van der Waals surface area contributed by atoms with Crippen molar-refractivity contribution < 1.29 is 14.3 Å². The van der Waals surface area contributed by atoms with Crippen LogP contribution in [0.4, 0.5) is 5.69 Å². The Kier molecular flexibility index (Phi) is 5.95. The third kappa shape index (κ3) is 5.18. The van der Waals surface area contributed by atoms with E-state index in [9.17, 15) is 4.79 Å². The highest BCUT2D eigenvalue weighted by molar-refractivity contribution is 6.30. The molecule has 0 atom stereocenters. The van der Waals surface area contributed by atoms with E-state index in [1.807, 2.05) is 30.3 Å². The van der Waals surface area contributed by atoms with Crippen LogP contribution in [0.25, 0.3) is 0 Å². The Morgan fingerprint density at radius 3 is 2.57 bits per heavy atom. The molecule has 4 aromatic rings. The first-order valence-electron chi connectivity index (χ1n) is 9.09. The second-order valence-corrected chi connectivity index (χ2v) is 6.72. The van der Waals surface area contributed by atoms with Crippen LogP contribution in [-0.2, 0) is 13.5 Å². The molecule has 4 rings (SSSR count). The molecule has 2 aromatic carbocycles. The molecular formula is C21H18ClN5O3. The fraction of sp³-hybridized carbons (Fsp3) is 0.0952. The lowest BCUT2D eigenvalue weighted by molar-refractivity contribution is 0.102. The van der Waals surface area contributed by atoms with E-state index in [1.54, 1.807) is 52.1 Å². The molecule has 0 saturated carbocycles. The summed E-state index contributed by atoms with van der Waals surface area (Å²) in [7, 11) is 0. The van der Waals surface area contributed by atoms with Gasteiger partial charge in [-0.15, -0.1) is 0 Å². The van der Waals surface area contributed by atoms with Gasteiger partial charge in [-0.05, 0) is 36.4 Å². The molecule has 0 aliphatic heterocycles. The minimum absolute atomic E-state index is 0.182. The van der Waals surface area contributed by atoms with Gasteiger partial charge in [0.05, 0.1) is 18.1 Å². The molecule has 2 heterocycles. The van der Waals surface area contributed by atoms with Gasteiger partial charge < -0.3 is 14.8 Å². The molecule has 30 heavy (non-hydrogen) atoms. The lowest BCUT2D eigenvalue weighted by Crippen LogP contribution is -2.14. The van der Waals surface area contributed by atoms with Gasteiger partial charge in [-0.2, -0.15) is 10.2 Å². The second-order valence-electron chi connectivity index (χ2n) is 6.28. The first-order valence-corrected chi connectivity index (χ1v) is 9.47. The van der Waals surface area contributed by atoms with E-state index in [1.165, 1.54) is 6.20 Å². The van der Waals surface area contributed by atoms with Crippen molar-refractivity contribution in [2.75, 3.05) is 5.32 Å². The first-order chi connectivity index (χ1) is 14.7. The van der Waals surface area contributed by atoms with Crippen molar-refractivity contribution in [1.82, 2.24) is 19.6 Å². The SMILES string of the molecule is O=C(Nc1cnn(COc2cccc(Cl)c2)c1)c1ccn(COc2ccccc2)n1. The molecule has 9 heteroatoms. The third-order valence-electron chi connectivity index (χ3n) is 4.03. The number of para-hydroxylation sites is 1. The van der Waals surface area contributed by atoms with Crippen LogP contribution < -0.4 is 14.8 Å². The third-order valence-corrected chi connectivity index (χ3v) is 4.27. The van der Waals surface area contributed by atoms with Crippen molar-refractivity contribution in [2.45, 2.75) is 13.5 Å². The Labute approximate surface area is 177 Å². The van der Waals surface area contributed by atoms with Crippen LogP contribution in [0.5, 0.6) is 11.5 Å². The molecule has 1 amide bonds. The van der Waals surface area contributed by atoms with E-state index in [4.69, 9.17) is 21.1 Å². The normalized spacial score (nSPS) is 10.6. The van der Waals surface area contributed by atoms with Crippen LogP contribution in [0, 0.1) is 0 Å². The number of hydrogen-bond acceptors (Lipinski definition) is 5. The first kappa shape index (κ1) is 19.5. The van der Waals surface area contributed by atoms with Crippen LogP contribution >= 0.6 is 11.6 Å². The molecule has 0 spiro atoms. The van der Waals surface area contributed by atoms with Gasteiger partial charge in [0.15, 0.2) is 19.2 Å². The average molecular weight is 424 g/mol. The van der Waals surface area contributed by atoms with Crippen LogP contribution in [0.1, 0.15) is 10.5 Å². The van der Waals surface area contributed by atoms with Crippen molar-refractivity contribution in [3.05, 3.63) is 90.0 Å². The van der Waals surface area contributed by atoms with E-state index in [0.717, 1.165) is 5.75 Å². The summed E-state index contributed by atoms with van der Waals surface area (Å²) < 4.78 is 14.3. The Balaban J connectivity index is 1.29. The predicted octanol–water partition coefficient (Wildman–Crippen LogP) is 4.06. The number of anilines is 1. The zero-order valence-corrected chi connectivity index (χ0v) is 16.6. The van der Waals surface area contributed by atoms with Crippen LogP contribution in [0.15, 0.2) is 79.3 Å². The predicted molar refractivity (Wildman–Crippen MR) is 112 cm³/mol. The number of rotatable bonds is 8.